The van der Waals surface area contributed by atoms with Gasteiger partial charge in [-0.3, -0.25) is 15.0 Å². The van der Waals surface area contributed by atoms with E-state index in [1.165, 1.54) is 25.9 Å². The molecule has 0 fully saturated rings. The number of anilines is 1. The summed E-state index contributed by atoms with van der Waals surface area (Å²) in [6, 6.07) is 3.80. The number of rotatable bonds is 7. The number of nitrogens with one attached hydrogen (secondary N) is 3. The lowest BCUT2D eigenvalue weighted by atomic mass is 9.95. The van der Waals surface area contributed by atoms with Gasteiger partial charge in [0.25, 0.3) is 5.91 Å². The van der Waals surface area contributed by atoms with Crippen LogP contribution in [0, 0.1) is 0 Å². The van der Waals surface area contributed by atoms with Gasteiger partial charge in [0.05, 0.1) is 5.56 Å². The molecule has 0 bridgehead atoms. The number of urea groups is 1. The molecule has 2 aliphatic rings. The SMILES string of the molecule is CCNC(=O)c1c(NC(=O)NCc2c(-n3cccc3)sc3c2CCN(CC)C3)sc2c1CCCC2. The zero-order valence-electron chi connectivity index (χ0n) is 20.4. The topological polar surface area (TPSA) is 78.4 Å². The van der Waals surface area contributed by atoms with Crippen LogP contribution >= 0.6 is 22.7 Å². The summed E-state index contributed by atoms with van der Waals surface area (Å²) >= 11 is 3.38. The Hall–Kier alpha value is -2.62. The highest BCUT2D eigenvalue weighted by Gasteiger charge is 2.27. The first-order chi connectivity index (χ1) is 17.1. The van der Waals surface area contributed by atoms with E-state index in [1.54, 1.807) is 11.3 Å². The van der Waals surface area contributed by atoms with Crippen LogP contribution in [0.25, 0.3) is 5.00 Å². The van der Waals surface area contributed by atoms with Crippen LogP contribution in [-0.2, 0) is 32.4 Å². The van der Waals surface area contributed by atoms with Crippen molar-refractivity contribution in [1.29, 1.82) is 0 Å². The maximum atomic E-state index is 13.1. The van der Waals surface area contributed by atoms with Crippen LogP contribution in [0.5, 0.6) is 0 Å². The molecule has 0 saturated carbocycles. The third-order valence-electron chi connectivity index (χ3n) is 6.90. The van der Waals surface area contributed by atoms with E-state index in [-0.39, 0.29) is 11.9 Å². The Morgan fingerprint density at radius 3 is 2.54 bits per heavy atom. The number of carbonyl (C=O) groups is 2. The standard InChI is InChI=1S/C26H33N5O2S2/c1-3-27-23(32)22-18-9-5-6-10-20(18)34-24(22)29-26(33)28-15-19-17-11-14-30(4-2)16-21(17)35-25(19)31-12-7-8-13-31/h7-8,12-13H,3-6,9-11,14-16H2,1-2H3,(H,27,32)(H2,28,29,33). The number of hydrogen-bond donors (Lipinski definition) is 3. The van der Waals surface area contributed by atoms with Crippen molar-refractivity contribution in [2.24, 2.45) is 0 Å². The Labute approximate surface area is 214 Å². The molecule has 3 aromatic heterocycles. The summed E-state index contributed by atoms with van der Waals surface area (Å²) in [6.07, 6.45) is 9.22. The van der Waals surface area contributed by atoms with Crippen molar-refractivity contribution in [2.45, 2.75) is 59.0 Å². The van der Waals surface area contributed by atoms with Crippen LogP contribution in [0.2, 0.25) is 0 Å². The van der Waals surface area contributed by atoms with Gasteiger partial charge < -0.3 is 15.2 Å². The van der Waals surface area contributed by atoms with Gasteiger partial charge in [-0.05, 0) is 68.8 Å². The summed E-state index contributed by atoms with van der Waals surface area (Å²) in [5.74, 6) is -0.0931. The van der Waals surface area contributed by atoms with Crippen molar-refractivity contribution in [3.63, 3.8) is 0 Å². The highest BCUT2D eigenvalue weighted by Crippen LogP contribution is 2.39. The van der Waals surface area contributed by atoms with E-state index in [0.717, 1.165) is 57.3 Å². The van der Waals surface area contributed by atoms with Gasteiger partial charge >= 0.3 is 6.03 Å². The van der Waals surface area contributed by atoms with Crippen LogP contribution in [0.15, 0.2) is 24.5 Å². The smallest absolute Gasteiger partial charge is 0.320 e. The predicted molar refractivity (Wildman–Crippen MR) is 143 cm³/mol. The average Bonchev–Trinajstić information content (AvgIpc) is 3.59. The Morgan fingerprint density at radius 2 is 1.77 bits per heavy atom. The van der Waals surface area contributed by atoms with E-state index >= 15 is 0 Å². The zero-order chi connectivity index (χ0) is 24.4. The Balaban J connectivity index is 1.36. The maximum Gasteiger partial charge on any atom is 0.320 e. The van der Waals surface area contributed by atoms with E-state index in [1.807, 2.05) is 30.4 Å². The number of amides is 3. The van der Waals surface area contributed by atoms with Crippen LogP contribution in [0.3, 0.4) is 0 Å². The lowest BCUT2D eigenvalue weighted by Crippen LogP contribution is -2.32. The van der Waals surface area contributed by atoms with Gasteiger partial charge in [0, 0.05) is 53.9 Å². The molecule has 0 aromatic carbocycles. The molecule has 5 rings (SSSR count). The first-order valence-corrected chi connectivity index (χ1v) is 14.2. The second kappa shape index (κ2) is 10.6. The fourth-order valence-corrected chi connectivity index (χ4v) is 7.75. The molecule has 9 heteroatoms. The van der Waals surface area contributed by atoms with Crippen molar-refractivity contribution >= 4 is 39.6 Å². The highest BCUT2D eigenvalue weighted by atomic mass is 32.1. The predicted octanol–water partition coefficient (Wildman–Crippen LogP) is 4.93. The third-order valence-corrected chi connectivity index (χ3v) is 9.38. The van der Waals surface area contributed by atoms with Gasteiger partial charge in [-0.1, -0.05) is 6.92 Å². The monoisotopic (exact) mass is 511 g/mol. The average molecular weight is 512 g/mol. The Bertz CT molecular complexity index is 1210. The van der Waals surface area contributed by atoms with Crippen molar-refractivity contribution in [1.82, 2.24) is 20.1 Å². The molecule has 3 aromatic rings. The quantitative estimate of drug-likeness (QED) is 0.421. The van der Waals surface area contributed by atoms with E-state index in [9.17, 15) is 9.59 Å². The molecule has 0 radical (unpaired) electrons. The summed E-state index contributed by atoms with van der Waals surface area (Å²) < 4.78 is 2.15. The molecule has 35 heavy (non-hydrogen) atoms. The molecule has 0 saturated heterocycles. The Morgan fingerprint density at radius 1 is 0.971 bits per heavy atom. The van der Waals surface area contributed by atoms with Crippen LogP contribution in [0.1, 0.15) is 63.5 Å². The van der Waals surface area contributed by atoms with Crippen LogP contribution in [0.4, 0.5) is 9.80 Å². The molecule has 3 amide bonds. The number of carbonyl (C=O) groups excluding carboxylic acids is 2. The van der Waals surface area contributed by atoms with E-state index in [4.69, 9.17) is 0 Å². The van der Waals surface area contributed by atoms with Gasteiger partial charge in [0.2, 0.25) is 0 Å². The van der Waals surface area contributed by atoms with Crippen molar-refractivity contribution in [3.8, 4) is 5.00 Å². The number of nitrogens with zero attached hydrogens (tertiary/aromatic N) is 2. The molecule has 0 atom stereocenters. The number of aryl methyl sites for hydroxylation is 1. The van der Waals surface area contributed by atoms with Gasteiger partial charge in [0.15, 0.2) is 0 Å². The largest absolute Gasteiger partial charge is 0.352 e. The van der Waals surface area contributed by atoms with E-state index in [0.29, 0.717) is 23.7 Å². The van der Waals surface area contributed by atoms with Crippen molar-refractivity contribution in [3.05, 3.63) is 56.5 Å². The molecule has 3 N–H and O–H groups in total. The molecular formula is C26H33N5O2S2. The number of thiophene rings is 2. The summed E-state index contributed by atoms with van der Waals surface area (Å²) in [6.45, 7) is 8.20. The molecule has 0 spiro atoms. The second-order valence-electron chi connectivity index (χ2n) is 9.08. The molecule has 4 heterocycles. The number of aromatic nitrogens is 1. The molecule has 1 aliphatic heterocycles. The summed E-state index contributed by atoms with van der Waals surface area (Å²) in [5, 5.41) is 10.9. The van der Waals surface area contributed by atoms with Crippen LogP contribution in [-0.4, -0.2) is 41.0 Å². The minimum atomic E-state index is -0.265. The number of fused-ring (bicyclic) bond motifs is 2. The van der Waals surface area contributed by atoms with Crippen molar-refractivity contribution < 1.29 is 9.59 Å². The van der Waals surface area contributed by atoms with Gasteiger partial charge in [0.1, 0.15) is 10.0 Å². The summed E-state index contributed by atoms with van der Waals surface area (Å²) in [4.78, 5) is 31.0. The van der Waals surface area contributed by atoms with Gasteiger partial charge in [-0.25, -0.2) is 4.79 Å². The fourth-order valence-electron chi connectivity index (χ4n) is 5.10. The summed E-state index contributed by atoms with van der Waals surface area (Å²) in [7, 11) is 0. The van der Waals surface area contributed by atoms with Gasteiger partial charge in [-0.15, -0.1) is 22.7 Å². The lowest BCUT2D eigenvalue weighted by molar-refractivity contribution is 0.0956. The van der Waals surface area contributed by atoms with E-state index < -0.39 is 0 Å². The highest BCUT2D eigenvalue weighted by molar-refractivity contribution is 7.17. The molecular weight excluding hydrogens is 478 g/mol. The first kappa shape index (κ1) is 24.1. The van der Waals surface area contributed by atoms with E-state index in [2.05, 4.69) is 44.7 Å². The minimum absolute atomic E-state index is 0.0931. The lowest BCUT2D eigenvalue weighted by Gasteiger charge is -2.25. The Kier molecular flexibility index (Phi) is 7.27. The summed E-state index contributed by atoms with van der Waals surface area (Å²) in [5.41, 5.74) is 4.34. The fraction of sp³-hybridized carbons (Fsp3) is 0.462. The molecule has 0 unspecified atom stereocenters. The molecule has 186 valence electrons. The maximum absolute atomic E-state index is 13.1. The normalized spacial score (nSPS) is 15.4. The van der Waals surface area contributed by atoms with Crippen molar-refractivity contribution in [2.75, 3.05) is 25.0 Å². The first-order valence-electron chi connectivity index (χ1n) is 12.6. The van der Waals surface area contributed by atoms with Crippen LogP contribution < -0.4 is 16.0 Å². The second-order valence-corrected chi connectivity index (χ2v) is 11.3. The molecule has 7 nitrogen and oxygen atoms in total. The molecule has 1 aliphatic carbocycles. The third kappa shape index (κ3) is 4.90. The zero-order valence-corrected chi connectivity index (χ0v) is 22.0. The number of hydrogen-bond acceptors (Lipinski definition) is 5. The number of likely N-dealkylation sites (N-methyl/N-ethyl adjacent to an activating group) is 1. The van der Waals surface area contributed by atoms with Gasteiger partial charge in [-0.2, -0.15) is 0 Å². The minimum Gasteiger partial charge on any atom is -0.352 e.